The number of carbonyl (C=O) groups is 2. The summed E-state index contributed by atoms with van der Waals surface area (Å²) in [5.74, 6) is 0.795. The maximum atomic E-state index is 12.8. The van der Waals surface area contributed by atoms with Crippen molar-refractivity contribution >= 4 is 18.0 Å². The van der Waals surface area contributed by atoms with E-state index in [4.69, 9.17) is 4.74 Å². The van der Waals surface area contributed by atoms with Gasteiger partial charge in [0.15, 0.2) is 0 Å². The number of urea groups is 1. The summed E-state index contributed by atoms with van der Waals surface area (Å²) in [6.45, 7) is 8.40. The molecule has 2 aromatic carbocycles. The number of amides is 3. The smallest absolute Gasteiger partial charge is 0.329 e. The molecular weight excluding hydrogens is 352 g/mol. The van der Waals surface area contributed by atoms with Crippen LogP contribution in [0.5, 0.6) is 5.75 Å². The molecule has 0 atom stereocenters. The molecule has 0 radical (unpaired) electrons. The number of benzene rings is 2. The van der Waals surface area contributed by atoms with Crippen molar-refractivity contribution in [3.05, 3.63) is 69.9 Å². The number of hydrogen-bond donors (Lipinski definition) is 1. The molecule has 5 heteroatoms. The lowest BCUT2D eigenvalue weighted by molar-refractivity contribution is -0.123. The van der Waals surface area contributed by atoms with E-state index in [-0.39, 0.29) is 18.4 Å². The normalized spacial score (nSPS) is 15.5. The standard InChI is InChI=1S/C23H26N2O3/c1-14(2)19-11-18(16(4)10-21(19)28-5)12-20-22(26)25(23(27)24-20)13-17-8-6-15(3)7-9-17/h6-12,14H,13H2,1-5H3,(H,24,27). The molecule has 0 aromatic heterocycles. The number of aryl methyl sites for hydroxylation is 2. The first kappa shape index (κ1) is 19.7. The van der Waals surface area contributed by atoms with Crippen LogP contribution in [0.25, 0.3) is 6.08 Å². The van der Waals surface area contributed by atoms with Crippen molar-refractivity contribution in [3.8, 4) is 5.75 Å². The summed E-state index contributed by atoms with van der Waals surface area (Å²) >= 11 is 0. The molecule has 1 heterocycles. The molecule has 1 N–H and O–H groups in total. The lowest BCUT2D eigenvalue weighted by atomic mass is 9.96. The number of rotatable bonds is 5. The Bertz CT molecular complexity index is 943. The average Bonchev–Trinajstić information content (AvgIpc) is 2.92. The zero-order valence-electron chi connectivity index (χ0n) is 17.0. The quantitative estimate of drug-likeness (QED) is 0.614. The van der Waals surface area contributed by atoms with Crippen LogP contribution in [-0.2, 0) is 11.3 Å². The highest BCUT2D eigenvalue weighted by molar-refractivity contribution is 6.14. The van der Waals surface area contributed by atoms with Crippen LogP contribution in [0.3, 0.4) is 0 Å². The summed E-state index contributed by atoms with van der Waals surface area (Å²) in [6.07, 6.45) is 1.75. The van der Waals surface area contributed by atoms with E-state index in [1.165, 1.54) is 4.90 Å². The Morgan fingerprint density at radius 1 is 1.11 bits per heavy atom. The molecule has 3 amide bonds. The SMILES string of the molecule is COc1cc(C)c(C=C2NC(=O)N(Cc3ccc(C)cc3)C2=O)cc1C(C)C. The summed E-state index contributed by atoms with van der Waals surface area (Å²) in [7, 11) is 1.66. The summed E-state index contributed by atoms with van der Waals surface area (Å²) < 4.78 is 5.48. The number of methoxy groups -OCH3 is 1. The fourth-order valence-electron chi connectivity index (χ4n) is 3.25. The van der Waals surface area contributed by atoms with Crippen LogP contribution in [0, 0.1) is 13.8 Å². The Morgan fingerprint density at radius 2 is 1.79 bits per heavy atom. The highest BCUT2D eigenvalue weighted by Crippen LogP contribution is 2.31. The Kier molecular flexibility index (Phi) is 5.54. The zero-order valence-corrected chi connectivity index (χ0v) is 17.0. The maximum Gasteiger partial charge on any atom is 0.329 e. The van der Waals surface area contributed by atoms with Crippen molar-refractivity contribution in [2.75, 3.05) is 7.11 Å². The van der Waals surface area contributed by atoms with Crippen LogP contribution in [0.2, 0.25) is 0 Å². The number of imide groups is 1. The molecule has 0 aliphatic carbocycles. The molecule has 1 fully saturated rings. The summed E-state index contributed by atoms with van der Waals surface area (Å²) in [4.78, 5) is 26.4. The van der Waals surface area contributed by atoms with Gasteiger partial charge in [0.25, 0.3) is 5.91 Å². The van der Waals surface area contributed by atoms with Gasteiger partial charge in [-0.2, -0.15) is 0 Å². The monoisotopic (exact) mass is 378 g/mol. The molecular formula is C23H26N2O3. The van der Waals surface area contributed by atoms with Crippen molar-refractivity contribution in [1.29, 1.82) is 0 Å². The van der Waals surface area contributed by atoms with Crippen molar-refractivity contribution in [3.63, 3.8) is 0 Å². The van der Waals surface area contributed by atoms with E-state index >= 15 is 0 Å². The first-order valence-corrected chi connectivity index (χ1v) is 9.38. The van der Waals surface area contributed by atoms with Crippen LogP contribution >= 0.6 is 0 Å². The first-order chi connectivity index (χ1) is 13.3. The van der Waals surface area contributed by atoms with E-state index < -0.39 is 6.03 Å². The van der Waals surface area contributed by atoms with Crippen LogP contribution in [-0.4, -0.2) is 23.9 Å². The largest absolute Gasteiger partial charge is 0.496 e. The van der Waals surface area contributed by atoms with Gasteiger partial charge >= 0.3 is 6.03 Å². The van der Waals surface area contributed by atoms with Gasteiger partial charge in [-0.15, -0.1) is 0 Å². The number of hydrogen-bond acceptors (Lipinski definition) is 3. The summed E-state index contributed by atoms with van der Waals surface area (Å²) in [5, 5.41) is 2.71. The van der Waals surface area contributed by atoms with Crippen LogP contribution < -0.4 is 10.1 Å². The molecule has 3 rings (SSSR count). The molecule has 1 saturated heterocycles. The molecule has 5 nitrogen and oxygen atoms in total. The van der Waals surface area contributed by atoms with Crippen molar-refractivity contribution in [2.45, 2.75) is 40.2 Å². The van der Waals surface area contributed by atoms with E-state index in [1.807, 2.05) is 50.2 Å². The maximum absolute atomic E-state index is 12.8. The molecule has 0 unspecified atom stereocenters. The lowest BCUT2D eigenvalue weighted by Crippen LogP contribution is -2.30. The van der Waals surface area contributed by atoms with Gasteiger partial charge in [-0.3, -0.25) is 9.69 Å². The zero-order chi connectivity index (χ0) is 20.4. The second-order valence-corrected chi connectivity index (χ2v) is 7.47. The molecule has 146 valence electrons. The topological polar surface area (TPSA) is 58.6 Å². The predicted molar refractivity (Wildman–Crippen MR) is 110 cm³/mol. The van der Waals surface area contributed by atoms with Crippen LogP contribution in [0.15, 0.2) is 42.1 Å². The molecule has 0 bridgehead atoms. The van der Waals surface area contributed by atoms with Gasteiger partial charge < -0.3 is 10.1 Å². The Balaban J connectivity index is 1.89. The second kappa shape index (κ2) is 7.89. The van der Waals surface area contributed by atoms with Crippen molar-refractivity contribution in [1.82, 2.24) is 10.2 Å². The summed E-state index contributed by atoms with van der Waals surface area (Å²) in [6, 6.07) is 11.4. The minimum Gasteiger partial charge on any atom is -0.496 e. The van der Waals surface area contributed by atoms with Gasteiger partial charge in [-0.1, -0.05) is 43.7 Å². The molecule has 1 aliphatic heterocycles. The molecule has 0 saturated carbocycles. The van der Waals surface area contributed by atoms with Crippen LogP contribution in [0.4, 0.5) is 4.79 Å². The van der Waals surface area contributed by atoms with Gasteiger partial charge in [0.1, 0.15) is 11.4 Å². The number of ether oxygens (including phenoxy) is 1. The van der Waals surface area contributed by atoms with E-state index in [9.17, 15) is 9.59 Å². The third-order valence-corrected chi connectivity index (χ3v) is 4.96. The minimum absolute atomic E-state index is 0.251. The van der Waals surface area contributed by atoms with Gasteiger partial charge in [-0.05, 0) is 60.2 Å². The summed E-state index contributed by atoms with van der Waals surface area (Å²) in [5.41, 5.74) is 5.28. The highest BCUT2D eigenvalue weighted by atomic mass is 16.5. The molecule has 1 aliphatic rings. The third-order valence-electron chi connectivity index (χ3n) is 4.96. The number of nitrogens with one attached hydrogen (secondary N) is 1. The molecule has 2 aromatic rings. The van der Waals surface area contributed by atoms with Crippen molar-refractivity contribution < 1.29 is 14.3 Å². The number of nitrogens with zero attached hydrogens (tertiary/aromatic N) is 1. The lowest BCUT2D eigenvalue weighted by Gasteiger charge is -2.15. The van der Waals surface area contributed by atoms with E-state index in [1.54, 1.807) is 13.2 Å². The van der Waals surface area contributed by atoms with E-state index in [0.717, 1.165) is 33.6 Å². The van der Waals surface area contributed by atoms with Gasteiger partial charge in [0.05, 0.1) is 13.7 Å². The first-order valence-electron chi connectivity index (χ1n) is 9.38. The van der Waals surface area contributed by atoms with Gasteiger partial charge in [0.2, 0.25) is 0 Å². The van der Waals surface area contributed by atoms with E-state index in [0.29, 0.717) is 5.70 Å². The second-order valence-electron chi connectivity index (χ2n) is 7.47. The van der Waals surface area contributed by atoms with E-state index in [2.05, 4.69) is 19.2 Å². The van der Waals surface area contributed by atoms with Crippen LogP contribution in [0.1, 0.15) is 47.6 Å². The van der Waals surface area contributed by atoms with Gasteiger partial charge in [0, 0.05) is 0 Å². The fourth-order valence-corrected chi connectivity index (χ4v) is 3.25. The highest BCUT2D eigenvalue weighted by Gasteiger charge is 2.33. The Morgan fingerprint density at radius 3 is 2.39 bits per heavy atom. The Hall–Kier alpha value is -3.08. The Labute approximate surface area is 166 Å². The number of carbonyl (C=O) groups excluding carboxylic acids is 2. The predicted octanol–water partition coefficient (Wildman–Crippen LogP) is 4.53. The fraction of sp³-hybridized carbons (Fsp3) is 0.304. The average molecular weight is 378 g/mol. The third kappa shape index (κ3) is 3.93. The molecule has 28 heavy (non-hydrogen) atoms. The van der Waals surface area contributed by atoms with Gasteiger partial charge in [-0.25, -0.2) is 4.79 Å². The van der Waals surface area contributed by atoms with Crippen molar-refractivity contribution in [2.24, 2.45) is 0 Å². The molecule has 0 spiro atoms. The minimum atomic E-state index is -0.396.